The summed E-state index contributed by atoms with van der Waals surface area (Å²) >= 11 is 0. The highest BCUT2D eigenvalue weighted by molar-refractivity contribution is 5.78. The highest BCUT2D eigenvalue weighted by atomic mass is 19.1. The van der Waals surface area contributed by atoms with Crippen molar-refractivity contribution >= 4 is 17.4 Å². The van der Waals surface area contributed by atoms with E-state index in [2.05, 4.69) is 15.4 Å². The van der Waals surface area contributed by atoms with Crippen LogP contribution in [-0.4, -0.2) is 45.0 Å². The Morgan fingerprint density at radius 3 is 2.93 bits per heavy atom. The van der Waals surface area contributed by atoms with Gasteiger partial charge in [-0.3, -0.25) is 4.79 Å². The number of rotatable bonds is 6. The lowest BCUT2D eigenvalue weighted by Crippen LogP contribution is -2.27. The fourth-order valence-electron chi connectivity index (χ4n) is 3.44. The zero-order valence-electron chi connectivity index (χ0n) is 15.3. The first-order valence-electron chi connectivity index (χ1n) is 9.25. The van der Waals surface area contributed by atoms with Crippen LogP contribution in [0.25, 0.3) is 16.9 Å². The van der Waals surface area contributed by atoms with Crippen LogP contribution in [0.5, 0.6) is 0 Å². The minimum atomic E-state index is -0.288. The van der Waals surface area contributed by atoms with Gasteiger partial charge in [0.1, 0.15) is 11.6 Å². The average Bonchev–Trinajstić information content (AvgIpc) is 3.25. The number of carbonyl (C=O) groups is 1. The maximum atomic E-state index is 13.5. The summed E-state index contributed by atoms with van der Waals surface area (Å²) in [5, 5.41) is 7.99. The Kier molecular flexibility index (Phi) is 4.75. The van der Waals surface area contributed by atoms with Crippen molar-refractivity contribution in [1.82, 2.24) is 19.5 Å². The molecule has 0 saturated carbocycles. The predicted molar refractivity (Wildman–Crippen MR) is 102 cm³/mol. The predicted octanol–water partition coefficient (Wildman–Crippen LogP) is 3.27. The number of aryl methyl sites for hydroxylation is 1. The van der Waals surface area contributed by atoms with Crippen LogP contribution in [-0.2, 0) is 4.79 Å². The molecule has 140 valence electrons. The molecule has 4 rings (SSSR count). The van der Waals surface area contributed by atoms with Gasteiger partial charge in [0, 0.05) is 49.4 Å². The molecule has 0 bridgehead atoms. The SMILES string of the molecule is Cc1cc(NCCCN2CCCC2=O)n2nc(-c3cccc(F)c3)cc2n1. The van der Waals surface area contributed by atoms with Crippen molar-refractivity contribution in [2.75, 3.05) is 25.0 Å². The largest absolute Gasteiger partial charge is 0.370 e. The van der Waals surface area contributed by atoms with Crippen LogP contribution in [0.15, 0.2) is 36.4 Å². The molecule has 1 fully saturated rings. The van der Waals surface area contributed by atoms with Crippen molar-refractivity contribution in [3.05, 3.63) is 47.9 Å². The van der Waals surface area contributed by atoms with E-state index >= 15 is 0 Å². The van der Waals surface area contributed by atoms with Crippen LogP contribution >= 0.6 is 0 Å². The van der Waals surface area contributed by atoms with E-state index in [4.69, 9.17) is 0 Å². The van der Waals surface area contributed by atoms with Crippen molar-refractivity contribution in [2.45, 2.75) is 26.2 Å². The van der Waals surface area contributed by atoms with Crippen molar-refractivity contribution < 1.29 is 9.18 Å². The van der Waals surface area contributed by atoms with Gasteiger partial charge in [-0.25, -0.2) is 9.37 Å². The number of amides is 1. The number of carbonyl (C=O) groups excluding carboxylic acids is 1. The third-order valence-corrected chi connectivity index (χ3v) is 4.76. The van der Waals surface area contributed by atoms with Gasteiger partial charge in [-0.15, -0.1) is 0 Å². The molecule has 1 amide bonds. The molecule has 27 heavy (non-hydrogen) atoms. The number of halogens is 1. The Bertz CT molecular complexity index is 984. The molecule has 1 saturated heterocycles. The van der Waals surface area contributed by atoms with E-state index in [1.165, 1.54) is 12.1 Å². The summed E-state index contributed by atoms with van der Waals surface area (Å²) in [6.45, 7) is 4.31. The van der Waals surface area contributed by atoms with E-state index in [0.717, 1.165) is 49.6 Å². The second kappa shape index (κ2) is 7.34. The Hall–Kier alpha value is -2.96. The average molecular weight is 367 g/mol. The molecule has 1 aliphatic rings. The van der Waals surface area contributed by atoms with Gasteiger partial charge < -0.3 is 10.2 Å². The third-order valence-electron chi connectivity index (χ3n) is 4.76. The monoisotopic (exact) mass is 367 g/mol. The lowest BCUT2D eigenvalue weighted by molar-refractivity contribution is -0.127. The van der Waals surface area contributed by atoms with Gasteiger partial charge >= 0.3 is 0 Å². The molecule has 3 aromatic rings. The first-order chi connectivity index (χ1) is 13.1. The van der Waals surface area contributed by atoms with Gasteiger partial charge in [-0.05, 0) is 31.9 Å². The maximum absolute atomic E-state index is 13.5. The fourth-order valence-corrected chi connectivity index (χ4v) is 3.44. The quantitative estimate of drug-likeness (QED) is 0.679. The molecule has 2 aromatic heterocycles. The van der Waals surface area contributed by atoms with Crippen LogP contribution in [0, 0.1) is 12.7 Å². The number of aromatic nitrogens is 3. The van der Waals surface area contributed by atoms with Crippen molar-refractivity contribution in [1.29, 1.82) is 0 Å². The summed E-state index contributed by atoms with van der Waals surface area (Å²) in [7, 11) is 0. The highest BCUT2D eigenvalue weighted by Crippen LogP contribution is 2.22. The second-order valence-corrected chi connectivity index (χ2v) is 6.86. The van der Waals surface area contributed by atoms with Crippen LogP contribution in [0.3, 0.4) is 0 Å². The smallest absolute Gasteiger partial charge is 0.222 e. The summed E-state index contributed by atoms with van der Waals surface area (Å²) in [6.07, 6.45) is 2.51. The summed E-state index contributed by atoms with van der Waals surface area (Å²) in [5.74, 6) is 0.806. The standard InChI is InChI=1S/C20H22FN5O/c1-14-11-18(22-8-4-10-25-9-3-7-20(25)27)26-19(23-14)13-17(24-26)15-5-2-6-16(21)12-15/h2,5-6,11-13,22H,3-4,7-10H2,1H3. The van der Waals surface area contributed by atoms with E-state index in [1.807, 2.05) is 30.0 Å². The van der Waals surface area contributed by atoms with Crippen molar-refractivity contribution in [3.8, 4) is 11.3 Å². The summed E-state index contributed by atoms with van der Waals surface area (Å²) < 4.78 is 15.3. The first-order valence-corrected chi connectivity index (χ1v) is 9.25. The minimum Gasteiger partial charge on any atom is -0.370 e. The number of nitrogens with zero attached hydrogens (tertiary/aromatic N) is 4. The van der Waals surface area contributed by atoms with Gasteiger partial charge in [-0.2, -0.15) is 9.61 Å². The molecule has 0 aliphatic carbocycles. The van der Waals surface area contributed by atoms with Crippen molar-refractivity contribution in [3.63, 3.8) is 0 Å². The normalized spacial score (nSPS) is 14.3. The van der Waals surface area contributed by atoms with Gasteiger partial charge in [0.05, 0.1) is 5.69 Å². The molecule has 0 spiro atoms. The summed E-state index contributed by atoms with van der Waals surface area (Å²) in [5.41, 5.74) is 2.99. The fraction of sp³-hybridized carbons (Fsp3) is 0.350. The second-order valence-electron chi connectivity index (χ2n) is 6.86. The molecule has 0 radical (unpaired) electrons. The van der Waals surface area contributed by atoms with E-state index < -0.39 is 0 Å². The minimum absolute atomic E-state index is 0.254. The zero-order valence-corrected chi connectivity index (χ0v) is 15.3. The Labute approximate surface area is 157 Å². The molecule has 6 nitrogen and oxygen atoms in total. The molecule has 1 N–H and O–H groups in total. The topological polar surface area (TPSA) is 62.5 Å². The Balaban J connectivity index is 1.51. The van der Waals surface area contributed by atoms with E-state index in [9.17, 15) is 9.18 Å². The number of fused-ring (bicyclic) bond motifs is 1. The Morgan fingerprint density at radius 2 is 2.15 bits per heavy atom. The molecule has 7 heteroatoms. The van der Waals surface area contributed by atoms with Crippen LogP contribution in [0.1, 0.15) is 25.0 Å². The van der Waals surface area contributed by atoms with E-state index in [0.29, 0.717) is 17.8 Å². The van der Waals surface area contributed by atoms with Gasteiger partial charge in [0.25, 0.3) is 0 Å². The summed E-state index contributed by atoms with van der Waals surface area (Å²) in [4.78, 5) is 18.1. The molecule has 1 aliphatic heterocycles. The number of hydrogen-bond acceptors (Lipinski definition) is 4. The molecular formula is C20H22FN5O. The molecule has 0 unspecified atom stereocenters. The molecule has 3 heterocycles. The summed E-state index contributed by atoms with van der Waals surface area (Å²) in [6, 6.07) is 10.2. The maximum Gasteiger partial charge on any atom is 0.222 e. The Morgan fingerprint density at radius 1 is 1.26 bits per heavy atom. The number of benzene rings is 1. The molecular weight excluding hydrogens is 345 g/mol. The van der Waals surface area contributed by atoms with Crippen LogP contribution in [0.2, 0.25) is 0 Å². The zero-order chi connectivity index (χ0) is 18.8. The molecule has 1 aromatic carbocycles. The number of anilines is 1. The van der Waals surface area contributed by atoms with Crippen LogP contribution in [0.4, 0.5) is 10.2 Å². The van der Waals surface area contributed by atoms with Crippen molar-refractivity contribution in [2.24, 2.45) is 0 Å². The third kappa shape index (κ3) is 3.77. The lowest BCUT2D eigenvalue weighted by Gasteiger charge is -2.16. The number of hydrogen-bond donors (Lipinski definition) is 1. The van der Waals surface area contributed by atoms with E-state index in [1.54, 1.807) is 10.6 Å². The number of nitrogens with one attached hydrogen (secondary N) is 1. The first kappa shape index (κ1) is 17.5. The molecule has 0 atom stereocenters. The number of likely N-dealkylation sites (tertiary alicyclic amines) is 1. The van der Waals surface area contributed by atoms with Gasteiger partial charge in [0.15, 0.2) is 5.65 Å². The van der Waals surface area contributed by atoms with Crippen LogP contribution < -0.4 is 5.32 Å². The van der Waals surface area contributed by atoms with E-state index in [-0.39, 0.29) is 11.7 Å². The van der Waals surface area contributed by atoms with Gasteiger partial charge in [-0.1, -0.05) is 12.1 Å². The van der Waals surface area contributed by atoms with Gasteiger partial charge in [0.2, 0.25) is 5.91 Å². The highest BCUT2D eigenvalue weighted by Gasteiger charge is 2.19. The lowest BCUT2D eigenvalue weighted by atomic mass is 10.1.